The number of amides is 1. The van der Waals surface area contributed by atoms with Crippen LogP contribution in [0, 0.1) is 13.8 Å². The SMILES string of the molecule is Cc1nn(-c2ccccc2)c(C)c1CN1CCN(C(=O)c2ccc(-c3ccccc3)cc2)CC1. The average Bonchev–Trinajstić information content (AvgIpc) is 3.18. The Morgan fingerprint density at radius 3 is 2.00 bits per heavy atom. The molecule has 0 atom stereocenters. The fourth-order valence-corrected chi connectivity index (χ4v) is 4.68. The van der Waals surface area contributed by atoms with Crippen molar-refractivity contribution in [2.24, 2.45) is 0 Å². The molecule has 4 aromatic rings. The zero-order chi connectivity index (χ0) is 23.5. The third-order valence-electron chi connectivity index (χ3n) is 6.72. The van der Waals surface area contributed by atoms with Gasteiger partial charge in [0, 0.05) is 49.5 Å². The van der Waals surface area contributed by atoms with Crippen molar-refractivity contribution in [2.75, 3.05) is 26.2 Å². The van der Waals surface area contributed by atoms with Crippen molar-refractivity contribution in [2.45, 2.75) is 20.4 Å². The predicted molar refractivity (Wildman–Crippen MR) is 136 cm³/mol. The van der Waals surface area contributed by atoms with Crippen LogP contribution in [0.4, 0.5) is 0 Å². The number of carbonyl (C=O) groups excluding carboxylic acids is 1. The van der Waals surface area contributed by atoms with E-state index >= 15 is 0 Å². The van der Waals surface area contributed by atoms with Crippen molar-refractivity contribution >= 4 is 5.91 Å². The fraction of sp³-hybridized carbons (Fsp3) is 0.241. The third kappa shape index (κ3) is 4.52. The molecule has 0 N–H and O–H groups in total. The molecule has 0 spiro atoms. The maximum absolute atomic E-state index is 13.1. The minimum Gasteiger partial charge on any atom is -0.336 e. The molecule has 3 aromatic carbocycles. The van der Waals surface area contributed by atoms with Gasteiger partial charge in [0.25, 0.3) is 5.91 Å². The Morgan fingerprint density at radius 1 is 0.765 bits per heavy atom. The van der Waals surface area contributed by atoms with Gasteiger partial charge < -0.3 is 4.90 Å². The molecule has 34 heavy (non-hydrogen) atoms. The number of aryl methyl sites for hydroxylation is 1. The summed E-state index contributed by atoms with van der Waals surface area (Å²) in [6.45, 7) is 8.29. The molecule has 1 amide bonds. The molecule has 0 aliphatic carbocycles. The normalized spacial score (nSPS) is 14.4. The highest BCUT2D eigenvalue weighted by molar-refractivity contribution is 5.94. The molecule has 1 aliphatic heterocycles. The summed E-state index contributed by atoms with van der Waals surface area (Å²) in [5.41, 5.74) is 7.66. The van der Waals surface area contributed by atoms with Crippen LogP contribution in [0.15, 0.2) is 84.9 Å². The van der Waals surface area contributed by atoms with Gasteiger partial charge in [-0.2, -0.15) is 5.10 Å². The molecule has 1 aromatic heterocycles. The van der Waals surface area contributed by atoms with Gasteiger partial charge in [-0.25, -0.2) is 4.68 Å². The summed E-state index contributed by atoms with van der Waals surface area (Å²) in [5, 5.41) is 4.78. The second-order valence-electron chi connectivity index (χ2n) is 8.91. The lowest BCUT2D eigenvalue weighted by Gasteiger charge is -2.34. The first-order valence-corrected chi connectivity index (χ1v) is 11.9. The van der Waals surface area contributed by atoms with Gasteiger partial charge in [0.05, 0.1) is 11.4 Å². The molecule has 1 fully saturated rings. The monoisotopic (exact) mass is 450 g/mol. The number of para-hydroxylation sites is 1. The van der Waals surface area contributed by atoms with Crippen LogP contribution in [-0.4, -0.2) is 51.7 Å². The van der Waals surface area contributed by atoms with Crippen molar-refractivity contribution in [3.8, 4) is 16.8 Å². The highest BCUT2D eigenvalue weighted by Gasteiger charge is 2.24. The van der Waals surface area contributed by atoms with E-state index in [4.69, 9.17) is 5.10 Å². The lowest BCUT2D eigenvalue weighted by molar-refractivity contribution is 0.0628. The number of rotatable bonds is 5. The Labute approximate surface area is 201 Å². The molecular weight excluding hydrogens is 420 g/mol. The topological polar surface area (TPSA) is 41.4 Å². The summed E-state index contributed by atoms with van der Waals surface area (Å²) < 4.78 is 2.03. The number of hydrogen-bond acceptors (Lipinski definition) is 3. The van der Waals surface area contributed by atoms with Crippen LogP contribution in [-0.2, 0) is 6.54 Å². The zero-order valence-electron chi connectivity index (χ0n) is 19.8. The molecule has 0 unspecified atom stereocenters. The van der Waals surface area contributed by atoms with E-state index in [0.29, 0.717) is 0 Å². The number of aromatic nitrogens is 2. The smallest absolute Gasteiger partial charge is 0.253 e. The molecular formula is C29H30N4O. The zero-order valence-corrected chi connectivity index (χ0v) is 19.8. The predicted octanol–water partition coefficient (Wildman–Crippen LogP) is 5.11. The van der Waals surface area contributed by atoms with Crippen LogP contribution in [0.5, 0.6) is 0 Å². The molecule has 1 aliphatic rings. The van der Waals surface area contributed by atoms with Crippen molar-refractivity contribution in [3.05, 3.63) is 107 Å². The second-order valence-corrected chi connectivity index (χ2v) is 8.91. The van der Waals surface area contributed by atoms with Crippen molar-refractivity contribution < 1.29 is 4.79 Å². The number of carbonyl (C=O) groups is 1. The van der Waals surface area contributed by atoms with E-state index < -0.39 is 0 Å². The molecule has 5 heteroatoms. The molecule has 1 saturated heterocycles. The Bertz CT molecular complexity index is 1260. The van der Waals surface area contributed by atoms with Crippen LogP contribution in [0.2, 0.25) is 0 Å². The van der Waals surface area contributed by atoms with Gasteiger partial charge in [0.1, 0.15) is 0 Å². The first-order chi connectivity index (χ1) is 16.6. The van der Waals surface area contributed by atoms with Gasteiger partial charge >= 0.3 is 0 Å². The second kappa shape index (κ2) is 9.65. The maximum Gasteiger partial charge on any atom is 0.253 e. The van der Waals surface area contributed by atoms with Crippen LogP contribution < -0.4 is 0 Å². The van der Waals surface area contributed by atoms with Crippen molar-refractivity contribution in [3.63, 3.8) is 0 Å². The largest absolute Gasteiger partial charge is 0.336 e. The highest BCUT2D eigenvalue weighted by Crippen LogP contribution is 2.22. The van der Waals surface area contributed by atoms with Gasteiger partial charge in [-0.15, -0.1) is 0 Å². The maximum atomic E-state index is 13.1. The first kappa shape index (κ1) is 22.1. The van der Waals surface area contributed by atoms with Gasteiger partial charge in [-0.05, 0) is 49.2 Å². The van der Waals surface area contributed by atoms with Gasteiger partial charge in [0.2, 0.25) is 0 Å². The van der Waals surface area contributed by atoms with E-state index in [0.717, 1.165) is 60.8 Å². The van der Waals surface area contributed by atoms with E-state index in [1.165, 1.54) is 11.3 Å². The van der Waals surface area contributed by atoms with Crippen molar-refractivity contribution in [1.29, 1.82) is 0 Å². The standard InChI is InChI=1S/C29H30N4O/c1-22-28(23(2)33(30-22)27-11-7-4-8-12-27)21-31-17-19-32(20-18-31)29(34)26-15-13-25(14-16-26)24-9-5-3-6-10-24/h3-16H,17-21H2,1-2H3. The lowest BCUT2D eigenvalue weighted by Crippen LogP contribution is -2.48. The van der Waals surface area contributed by atoms with Gasteiger partial charge in [-0.1, -0.05) is 60.7 Å². The molecule has 5 rings (SSSR count). The summed E-state index contributed by atoms with van der Waals surface area (Å²) in [6.07, 6.45) is 0. The Kier molecular flexibility index (Phi) is 6.28. The van der Waals surface area contributed by atoms with Gasteiger partial charge in [0.15, 0.2) is 0 Å². The van der Waals surface area contributed by atoms with E-state index in [2.05, 4.69) is 43.0 Å². The molecule has 0 radical (unpaired) electrons. The number of nitrogens with zero attached hydrogens (tertiary/aromatic N) is 4. The van der Waals surface area contributed by atoms with Crippen LogP contribution >= 0.6 is 0 Å². The Morgan fingerprint density at radius 2 is 1.35 bits per heavy atom. The van der Waals surface area contributed by atoms with E-state index in [1.807, 2.05) is 70.2 Å². The highest BCUT2D eigenvalue weighted by atomic mass is 16.2. The number of hydrogen-bond donors (Lipinski definition) is 0. The summed E-state index contributed by atoms with van der Waals surface area (Å²) in [6, 6.07) is 28.5. The van der Waals surface area contributed by atoms with E-state index in [1.54, 1.807) is 0 Å². The molecule has 5 nitrogen and oxygen atoms in total. The van der Waals surface area contributed by atoms with E-state index in [9.17, 15) is 4.79 Å². The third-order valence-corrected chi connectivity index (χ3v) is 6.72. The summed E-state index contributed by atoms with van der Waals surface area (Å²) >= 11 is 0. The van der Waals surface area contributed by atoms with Crippen LogP contribution in [0.3, 0.4) is 0 Å². The molecule has 2 heterocycles. The van der Waals surface area contributed by atoms with Crippen LogP contribution in [0.25, 0.3) is 16.8 Å². The Hall–Kier alpha value is -3.70. The number of piperazine rings is 1. The summed E-state index contributed by atoms with van der Waals surface area (Å²) in [5.74, 6) is 0.114. The first-order valence-electron chi connectivity index (χ1n) is 11.9. The van der Waals surface area contributed by atoms with Gasteiger partial charge in [-0.3, -0.25) is 9.69 Å². The average molecular weight is 451 g/mol. The summed E-state index contributed by atoms with van der Waals surface area (Å²) in [7, 11) is 0. The van der Waals surface area contributed by atoms with E-state index in [-0.39, 0.29) is 5.91 Å². The molecule has 0 saturated carbocycles. The quantitative estimate of drug-likeness (QED) is 0.424. The minimum atomic E-state index is 0.114. The minimum absolute atomic E-state index is 0.114. The van der Waals surface area contributed by atoms with Crippen molar-refractivity contribution in [1.82, 2.24) is 19.6 Å². The number of benzene rings is 3. The van der Waals surface area contributed by atoms with Crippen LogP contribution in [0.1, 0.15) is 27.3 Å². The fourth-order valence-electron chi connectivity index (χ4n) is 4.68. The Balaban J connectivity index is 1.21. The molecule has 172 valence electrons. The molecule has 0 bridgehead atoms. The lowest BCUT2D eigenvalue weighted by atomic mass is 10.0. The summed E-state index contributed by atoms with van der Waals surface area (Å²) in [4.78, 5) is 17.5.